The molecular weight excluding hydrogens is 426 g/mol. The summed E-state index contributed by atoms with van der Waals surface area (Å²) in [5.41, 5.74) is 3.65. The van der Waals surface area contributed by atoms with Crippen molar-refractivity contribution in [2.75, 3.05) is 26.2 Å². The van der Waals surface area contributed by atoms with Gasteiger partial charge in [0, 0.05) is 5.56 Å². The minimum absolute atomic E-state index is 0.240. The molecule has 2 aromatic carbocycles. The number of ether oxygens (including phenoxy) is 2. The zero-order chi connectivity index (χ0) is 22.5. The van der Waals surface area contributed by atoms with E-state index in [-0.39, 0.29) is 11.9 Å². The van der Waals surface area contributed by atoms with E-state index in [2.05, 4.69) is 25.5 Å². The van der Waals surface area contributed by atoms with Crippen LogP contribution in [-0.4, -0.2) is 52.3 Å². The first-order valence-electron chi connectivity index (χ1n) is 10.1. The molecule has 0 unspecified atom stereocenters. The van der Waals surface area contributed by atoms with Crippen molar-refractivity contribution in [3.8, 4) is 22.8 Å². The Morgan fingerprint density at radius 3 is 2.69 bits per heavy atom. The number of rotatable bonds is 9. The number of aromatic amines is 2. The molecule has 1 atom stereocenters. The number of thioether (sulfide) groups is 1. The molecule has 0 radical (unpaired) electrons. The van der Waals surface area contributed by atoms with E-state index in [0.29, 0.717) is 22.9 Å². The van der Waals surface area contributed by atoms with E-state index in [1.54, 1.807) is 32.0 Å². The predicted octanol–water partition coefficient (Wildman–Crippen LogP) is 4.19. The van der Waals surface area contributed by atoms with Gasteiger partial charge in [0.1, 0.15) is 11.5 Å². The Bertz CT molecular complexity index is 1190. The van der Waals surface area contributed by atoms with Gasteiger partial charge in [-0.1, -0.05) is 12.1 Å². The van der Waals surface area contributed by atoms with E-state index in [9.17, 15) is 4.79 Å². The van der Waals surface area contributed by atoms with Gasteiger partial charge in [-0.15, -0.1) is 0 Å². The van der Waals surface area contributed by atoms with Gasteiger partial charge in [0.2, 0.25) is 0 Å². The van der Waals surface area contributed by atoms with E-state index in [1.807, 2.05) is 48.7 Å². The van der Waals surface area contributed by atoms with Crippen LogP contribution in [0.25, 0.3) is 22.3 Å². The van der Waals surface area contributed by atoms with Gasteiger partial charge in [0.15, 0.2) is 11.5 Å². The number of carbonyl (C=O) groups excluding carboxylic acids is 1. The molecule has 166 valence electrons. The summed E-state index contributed by atoms with van der Waals surface area (Å²) in [6.07, 6.45) is 2.80. The Morgan fingerprint density at radius 1 is 1.12 bits per heavy atom. The lowest BCUT2D eigenvalue weighted by Gasteiger charge is -2.15. The second kappa shape index (κ2) is 9.78. The second-order valence-corrected chi connectivity index (χ2v) is 8.17. The molecule has 0 saturated heterocycles. The molecule has 0 bridgehead atoms. The smallest absolute Gasteiger partial charge is 0.269 e. The number of carbonyl (C=O) groups is 1. The monoisotopic (exact) mass is 451 g/mol. The van der Waals surface area contributed by atoms with Crippen LogP contribution in [0.2, 0.25) is 0 Å². The van der Waals surface area contributed by atoms with Crippen LogP contribution in [0.4, 0.5) is 0 Å². The SMILES string of the molecule is COc1ccc(-c2cc(C(=O)N[C@@H](CCSC)c3nc4ccccc4[nH]3)[nH]n2)cc1OC. The molecule has 8 nitrogen and oxygen atoms in total. The Labute approximate surface area is 190 Å². The fourth-order valence-electron chi connectivity index (χ4n) is 3.47. The van der Waals surface area contributed by atoms with Crippen molar-refractivity contribution < 1.29 is 14.3 Å². The van der Waals surface area contributed by atoms with Crippen molar-refractivity contribution >= 4 is 28.7 Å². The molecule has 1 amide bonds. The Hall–Kier alpha value is -3.46. The molecule has 0 spiro atoms. The number of para-hydroxylation sites is 2. The highest BCUT2D eigenvalue weighted by atomic mass is 32.2. The average molecular weight is 452 g/mol. The van der Waals surface area contributed by atoms with Gasteiger partial charge in [-0.2, -0.15) is 16.9 Å². The lowest BCUT2D eigenvalue weighted by atomic mass is 10.1. The van der Waals surface area contributed by atoms with Crippen LogP contribution in [0.1, 0.15) is 28.8 Å². The molecule has 0 aliphatic rings. The van der Waals surface area contributed by atoms with E-state index in [0.717, 1.165) is 34.6 Å². The molecule has 4 rings (SSSR count). The van der Waals surface area contributed by atoms with E-state index < -0.39 is 0 Å². The van der Waals surface area contributed by atoms with Crippen LogP contribution in [0.5, 0.6) is 11.5 Å². The number of benzene rings is 2. The standard InChI is InChI=1S/C23H25N5O3S/c1-30-20-9-8-14(12-21(20)31-2)18-13-19(28-27-18)23(29)26-17(10-11-32-3)22-24-15-6-4-5-7-16(15)25-22/h4-9,12-13,17H,10-11H2,1-3H3,(H,24,25)(H,26,29)(H,27,28)/t17-/m0/s1. The first kappa shape index (κ1) is 21.8. The molecule has 9 heteroatoms. The summed E-state index contributed by atoms with van der Waals surface area (Å²) in [7, 11) is 3.17. The fraction of sp³-hybridized carbons (Fsp3) is 0.261. The summed E-state index contributed by atoms with van der Waals surface area (Å²) in [5, 5.41) is 10.2. The first-order valence-corrected chi connectivity index (χ1v) is 11.5. The van der Waals surface area contributed by atoms with Gasteiger partial charge in [-0.25, -0.2) is 4.98 Å². The lowest BCUT2D eigenvalue weighted by Crippen LogP contribution is -2.30. The molecule has 3 N–H and O–H groups in total. The number of fused-ring (bicyclic) bond motifs is 1. The maximum Gasteiger partial charge on any atom is 0.269 e. The number of hydrogen-bond donors (Lipinski definition) is 3. The Balaban J connectivity index is 1.54. The molecular formula is C23H25N5O3S. The van der Waals surface area contributed by atoms with Crippen LogP contribution in [0.3, 0.4) is 0 Å². The molecule has 2 aromatic heterocycles. The van der Waals surface area contributed by atoms with Gasteiger partial charge >= 0.3 is 0 Å². The highest BCUT2D eigenvalue weighted by Crippen LogP contribution is 2.31. The fourth-order valence-corrected chi connectivity index (χ4v) is 3.94. The summed E-state index contributed by atoms with van der Waals surface area (Å²) in [4.78, 5) is 21.0. The number of aromatic nitrogens is 4. The van der Waals surface area contributed by atoms with Gasteiger partial charge < -0.3 is 19.8 Å². The number of nitrogens with zero attached hydrogens (tertiary/aromatic N) is 2. The maximum absolute atomic E-state index is 13.0. The minimum Gasteiger partial charge on any atom is -0.493 e. The molecule has 0 saturated carbocycles. The van der Waals surface area contributed by atoms with Gasteiger partial charge in [-0.3, -0.25) is 9.89 Å². The number of imidazole rings is 1. The summed E-state index contributed by atoms with van der Waals surface area (Å²) in [6.45, 7) is 0. The number of amides is 1. The molecule has 4 aromatic rings. The van der Waals surface area contributed by atoms with Crippen LogP contribution in [0, 0.1) is 0 Å². The number of nitrogens with one attached hydrogen (secondary N) is 3. The number of hydrogen-bond acceptors (Lipinski definition) is 6. The van der Waals surface area contributed by atoms with Crippen molar-refractivity contribution in [2.24, 2.45) is 0 Å². The Morgan fingerprint density at radius 2 is 1.94 bits per heavy atom. The summed E-state index contributed by atoms with van der Waals surface area (Å²) in [6, 6.07) is 14.8. The van der Waals surface area contributed by atoms with Crippen molar-refractivity contribution in [1.82, 2.24) is 25.5 Å². The van der Waals surface area contributed by atoms with Crippen LogP contribution < -0.4 is 14.8 Å². The third-order valence-corrected chi connectivity index (χ3v) is 5.80. The molecule has 2 heterocycles. The third kappa shape index (κ3) is 4.57. The minimum atomic E-state index is -0.241. The van der Waals surface area contributed by atoms with Crippen molar-refractivity contribution in [3.63, 3.8) is 0 Å². The van der Waals surface area contributed by atoms with Gasteiger partial charge in [0.25, 0.3) is 5.91 Å². The van der Waals surface area contributed by atoms with Crippen LogP contribution in [0.15, 0.2) is 48.5 Å². The van der Waals surface area contributed by atoms with E-state index in [1.165, 1.54) is 0 Å². The Kier molecular flexibility index (Phi) is 6.65. The lowest BCUT2D eigenvalue weighted by molar-refractivity contribution is 0.0929. The predicted molar refractivity (Wildman–Crippen MR) is 126 cm³/mol. The zero-order valence-electron chi connectivity index (χ0n) is 18.1. The summed E-state index contributed by atoms with van der Waals surface area (Å²) < 4.78 is 10.6. The largest absolute Gasteiger partial charge is 0.493 e. The number of H-pyrrole nitrogens is 2. The maximum atomic E-state index is 13.0. The summed E-state index contributed by atoms with van der Waals surface area (Å²) >= 11 is 1.73. The third-order valence-electron chi connectivity index (χ3n) is 5.16. The topological polar surface area (TPSA) is 105 Å². The van der Waals surface area contributed by atoms with Crippen molar-refractivity contribution in [1.29, 1.82) is 0 Å². The van der Waals surface area contributed by atoms with Gasteiger partial charge in [0.05, 0.1) is 37.0 Å². The van der Waals surface area contributed by atoms with Crippen molar-refractivity contribution in [3.05, 3.63) is 60.0 Å². The van der Waals surface area contributed by atoms with Crippen LogP contribution in [-0.2, 0) is 0 Å². The average Bonchev–Trinajstić information content (AvgIpc) is 3.48. The van der Waals surface area contributed by atoms with E-state index >= 15 is 0 Å². The summed E-state index contributed by atoms with van der Waals surface area (Å²) in [5.74, 6) is 2.62. The van der Waals surface area contributed by atoms with Gasteiger partial charge in [-0.05, 0) is 54.8 Å². The first-order chi connectivity index (χ1) is 15.6. The highest BCUT2D eigenvalue weighted by molar-refractivity contribution is 7.98. The van der Waals surface area contributed by atoms with Crippen LogP contribution >= 0.6 is 11.8 Å². The van der Waals surface area contributed by atoms with E-state index in [4.69, 9.17) is 9.47 Å². The zero-order valence-corrected chi connectivity index (χ0v) is 19.0. The molecule has 0 aliphatic carbocycles. The van der Waals surface area contributed by atoms with Crippen molar-refractivity contribution in [2.45, 2.75) is 12.5 Å². The normalized spacial score (nSPS) is 12.0. The number of methoxy groups -OCH3 is 2. The molecule has 32 heavy (non-hydrogen) atoms. The highest BCUT2D eigenvalue weighted by Gasteiger charge is 2.21. The second-order valence-electron chi connectivity index (χ2n) is 7.18. The molecule has 0 fully saturated rings. The molecule has 0 aliphatic heterocycles. The quantitative estimate of drug-likeness (QED) is 0.352.